The zero-order valence-corrected chi connectivity index (χ0v) is 8.48. The zero-order valence-electron chi connectivity index (χ0n) is 8.48. The Morgan fingerprint density at radius 3 is 2.40 bits per heavy atom. The normalized spacial score (nSPS) is 11.8. The highest BCUT2D eigenvalue weighted by Crippen LogP contribution is 2.33. The maximum absolute atomic E-state index is 12.4. The Morgan fingerprint density at radius 2 is 1.93 bits per heavy atom. The molecule has 0 amide bonds. The highest BCUT2D eigenvalue weighted by atomic mass is 19.4. The molecule has 1 aromatic rings. The highest BCUT2D eigenvalue weighted by molar-refractivity contribution is 5.53. The van der Waals surface area contributed by atoms with Gasteiger partial charge >= 0.3 is 6.18 Å². The van der Waals surface area contributed by atoms with Crippen LogP contribution in [0.15, 0.2) is 12.1 Å². The summed E-state index contributed by atoms with van der Waals surface area (Å²) in [6.45, 7) is 1.80. The predicted molar refractivity (Wildman–Crippen MR) is 51.3 cm³/mol. The minimum absolute atomic E-state index is 0.125. The van der Waals surface area contributed by atoms with Gasteiger partial charge in [0.05, 0.1) is 12.2 Å². The first-order valence-electron chi connectivity index (χ1n) is 4.31. The Morgan fingerprint density at radius 1 is 1.33 bits per heavy atom. The van der Waals surface area contributed by atoms with Crippen LogP contribution in [0.5, 0.6) is 0 Å². The van der Waals surface area contributed by atoms with Gasteiger partial charge < -0.3 is 10.5 Å². The van der Waals surface area contributed by atoms with Crippen molar-refractivity contribution in [2.24, 2.45) is 0 Å². The van der Waals surface area contributed by atoms with Crippen molar-refractivity contribution < 1.29 is 17.9 Å². The number of nitrogen functional groups attached to an aromatic ring is 1. The summed E-state index contributed by atoms with van der Waals surface area (Å²) >= 11 is 0. The van der Waals surface area contributed by atoms with Crippen LogP contribution in [-0.4, -0.2) is 7.11 Å². The van der Waals surface area contributed by atoms with E-state index in [2.05, 4.69) is 0 Å². The first-order chi connectivity index (χ1) is 6.86. The SMILES string of the molecule is COCc1cc(C(F)(F)F)cc(N)c1C. The molecule has 0 aliphatic heterocycles. The van der Waals surface area contributed by atoms with Crippen LogP contribution in [0.25, 0.3) is 0 Å². The molecule has 0 heterocycles. The second-order valence-electron chi connectivity index (χ2n) is 3.28. The van der Waals surface area contributed by atoms with E-state index in [4.69, 9.17) is 10.5 Å². The average Bonchev–Trinajstić information content (AvgIpc) is 2.11. The fourth-order valence-electron chi connectivity index (χ4n) is 1.27. The lowest BCUT2D eigenvalue weighted by molar-refractivity contribution is -0.137. The topological polar surface area (TPSA) is 35.2 Å². The molecule has 0 radical (unpaired) electrons. The molecule has 2 N–H and O–H groups in total. The molecular weight excluding hydrogens is 207 g/mol. The van der Waals surface area contributed by atoms with E-state index in [9.17, 15) is 13.2 Å². The van der Waals surface area contributed by atoms with E-state index in [0.29, 0.717) is 11.1 Å². The summed E-state index contributed by atoms with van der Waals surface area (Å²) in [7, 11) is 1.43. The van der Waals surface area contributed by atoms with Crippen LogP contribution in [0.3, 0.4) is 0 Å². The van der Waals surface area contributed by atoms with E-state index in [0.717, 1.165) is 12.1 Å². The van der Waals surface area contributed by atoms with Gasteiger partial charge in [-0.15, -0.1) is 0 Å². The Balaban J connectivity index is 3.23. The number of hydrogen-bond acceptors (Lipinski definition) is 2. The van der Waals surface area contributed by atoms with E-state index in [1.165, 1.54) is 7.11 Å². The number of nitrogens with two attached hydrogens (primary N) is 1. The minimum Gasteiger partial charge on any atom is -0.398 e. The second kappa shape index (κ2) is 4.10. The fraction of sp³-hybridized carbons (Fsp3) is 0.400. The summed E-state index contributed by atoms with van der Waals surface area (Å²) in [4.78, 5) is 0. The molecule has 2 nitrogen and oxygen atoms in total. The van der Waals surface area contributed by atoms with Gasteiger partial charge in [0.15, 0.2) is 0 Å². The summed E-state index contributed by atoms with van der Waals surface area (Å²) in [5, 5.41) is 0. The summed E-state index contributed by atoms with van der Waals surface area (Å²) in [6.07, 6.45) is -4.37. The van der Waals surface area contributed by atoms with Crippen molar-refractivity contribution in [3.8, 4) is 0 Å². The van der Waals surface area contributed by atoms with Crippen LogP contribution < -0.4 is 5.73 Å². The van der Waals surface area contributed by atoms with Gasteiger partial charge in [0.1, 0.15) is 0 Å². The van der Waals surface area contributed by atoms with Crippen LogP contribution in [-0.2, 0) is 17.5 Å². The highest BCUT2D eigenvalue weighted by Gasteiger charge is 2.31. The van der Waals surface area contributed by atoms with Crippen molar-refractivity contribution in [2.45, 2.75) is 19.7 Å². The van der Waals surface area contributed by atoms with Crippen LogP contribution in [0.1, 0.15) is 16.7 Å². The summed E-state index contributed by atoms with van der Waals surface area (Å²) in [6, 6.07) is 2.00. The molecule has 0 saturated carbocycles. The van der Waals surface area contributed by atoms with Gasteiger partial charge in [-0.2, -0.15) is 13.2 Å². The lowest BCUT2D eigenvalue weighted by atomic mass is 10.0. The van der Waals surface area contributed by atoms with E-state index >= 15 is 0 Å². The Labute approximate surface area is 85.8 Å². The number of halogens is 3. The molecule has 0 aromatic heterocycles. The smallest absolute Gasteiger partial charge is 0.398 e. The molecule has 0 saturated heterocycles. The molecule has 0 spiro atoms. The van der Waals surface area contributed by atoms with Gasteiger partial charge in [0.25, 0.3) is 0 Å². The van der Waals surface area contributed by atoms with Crippen molar-refractivity contribution in [1.29, 1.82) is 0 Å². The molecule has 0 fully saturated rings. The van der Waals surface area contributed by atoms with Gasteiger partial charge in [-0.05, 0) is 30.2 Å². The van der Waals surface area contributed by atoms with Crippen molar-refractivity contribution in [1.82, 2.24) is 0 Å². The molecule has 1 rings (SSSR count). The monoisotopic (exact) mass is 219 g/mol. The standard InChI is InChI=1S/C10H12F3NO/c1-6-7(5-15-2)3-8(4-9(6)14)10(11,12)13/h3-4H,5,14H2,1-2H3. The number of ether oxygens (including phenoxy) is 1. The number of alkyl halides is 3. The van der Waals surface area contributed by atoms with Crippen molar-refractivity contribution >= 4 is 5.69 Å². The number of rotatable bonds is 2. The third-order valence-electron chi connectivity index (χ3n) is 2.18. The van der Waals surface area contributed by atoms with Crippen molar-refractivity contribution in [2.75, 3.05) is 12.8 Å². The molecule has 0 aliphatic rings. The van der Waals surface area contributed by atoms with E-state index in [1.807, 2.05) is 0 Å². The quantitative estimate of drug-likeness (QED) is 0.776. The van der Waals surface area contributed by atoms with Gasteiger partial charge in [-0.3, -0.25) is 0 Å². The summed E-state index contributed by atoms with van der Waals surface area (Å²) in [5.41, 5.74) is 5.98. The number of anilines is 1. The van der Waals surface area contributed by atoms with Gasteiger partial charge in [0, 0.05) is 12.8 Å². The summed E-state index contributed by atoms with van der Waals surface area (Å²) < 4.78 is 42.1. The van der Waals surface area contributed by atoms with E-state index in [1.54, 1.807) is 6.92 Å². The minimum atomic E-state index is -4.37. The number of methoxy groups -OCH3 is 1. The lowest BCUT2D eigenvalue weighted by Gasteiger charge is -2.13. The molecule has 84 valence electrons. The van der Waals surface area contributed by atoms with Gasteiger partial charge in [-0.25, -0.2) is 0 Å². The molecule has 5 heteroatoms. The maximum atomic E-state index is 12.4. The fourth-order valence-corrected chi connectivity index (χ4v) is 1.27. The van der Waals surface area contributed by atoms with Crippen LogP contribution in [0, 0.1) is 6.92 Å². The molecule has 0 bridgehead atoms. The molecule has 1 aromatic carbocycles. The molecule has 0 unspecified atom stereocenters. The Hall–Kier alpha value is -1.23. The van der Waals surface area contributed by atoms with Crippen molar-refractivity contribution in [3.05, 3.63) is 28.8 Å². The van der Waals surface area contributed by atoms with Gasteiger partial charge in [0.2, 0.25) is 0 Å². The largest absolute Gasteiger partial charge is 0.416 e. The second-order valence-corrected chi connectivity index (χ2v) is 3.28. The van der Waals surface area contributed by atoms with Crippen LogP contribution in [0.4, 0.5) is 18.9 Å². The summed E-state index contributed by atoms with van der Waals surface area (Å²) in [5.74, 6) is 0. The zero-order chi connectivity index (χ0) is 11.6. The number of benzene rings is 1. The average molecular weight is 219 g/mol. The Bertz CT molecular complexity index is 360. The van der Waals surface area contributed by atoms with E-state index < -0.39 is 11.7 Å². The third-order valence-corrected chi connectivity index (χ3v) is 2.18. The number of hydrogen-bond donors (Lipinski definition) is 1. The molecule has 15 heavy (non-hydrogen) atoms. The van der Waals surface area contributed by atoms with Crippen LogP contribution in [0.2, 0.25) is 0 Å². The third kappa shape index (κ3) is 2.62. The van der Waals surface area contributed by atoms with Crippen molar-refractivity contribution in [3.63, 3.8) is 0 Å². The van der Waals surface area contributed by atoms with E-state index in [-0.39, 0.29) is 12.3 Å². The maximum Gasteiger partial charge on any atom is 0.416 e. The van der Waals surface area contributed by atoms with Crippen LogP contribution >= 0.6 is 0 Å². The van der Waals surface area contributed by atoms with Gasteiger partial charge in [-0.1, -0.05) is 0 Å². The Kier molecular flexibility index (Phi) is 3.24. The lowest BCUT2D eigenvalue weighted by Crippen LogP contribution is -2.08. The molecule has 0 aliphatic carbocycles. The first kappa shape index (κ1) is 11.8. The first-order valence-corrected chi connectivity index (χ1v) is 4.31. The predicted octanol–water partition coefficient (Wildman–Crippen LogP) is 2.74. The molecule has 0 atom stereocenters. The molecular formula is C10H12F3NO.